The molecule has 1 aliphatic carbocycles. The van der Waals surface area contributed by atoms with Gasteiger partial charge in [-0.2, -0.15) is 9.61 Å². The first-order chi connectivity index (χ1) is 14.0. The molecule has 0 aliphatic heterocycles. The number of nitrogens with two attached hydrogens (primary N) is 1. The minimum Gasteiger partial charge on any atom is -0.367 e. The number of aromatic nitrogens is 3. The molecule has 7 heteroatoms. The van der Waals surface area contributed by atoms with Crippen LogP contribution < -0.4 is 16.4 Å². The van der Waals surface area contributed by atoms with Gasteiger partial charge in [0.25, 0.3) is 0 Å². The number of hydrogen-bond donors (Lipinski definition) is 3. The molecule has 6 nitrogen and oxygen atoms in total. The summed E-state index contributed by atoms with van der Waals surface area (Å²) in [5.74, 6) is 1.70. The molecule has 3 aromatic rings. The number of anilines is 2. The zero-order valence-corrected chi connectivity index (χ0v) is 17.0. The lowest BCUT2D eigenvalue weighted by atomic mass is 9.92. The van der Waals surface area contributed by atoms with Crippen LogP contribution in [-0.2, 0) is 6.54 Å². The summed E-state index contributed by atoms with van der Waals surface area (Å²) in [4.78, 5) is 4.85. The van der Waals surface area contributed by atoms with Crippen molar-refractivity contribution in [2.24, 2.45) is 5.73 Å². The second kappa shape index (κ2) is 8.37. The third-order valence-electron chi connectivity index (χ3n) is 5.66. The number of halogens is 1. The number of benzene rings is 1. The number of fused-ring (bicyclic) bond motifs is 1. The van der Waals surface area contributed by atoms with Crippen molar-refractivity contribution in [1.29, 1.82) is 0 Å². The van der Waals surface area contributed by atoms with E-state index in [1.165, 1.54) is 6.07 Å². The summed E-state index contributed by atoms with van der Waals surface area (Å²) in [6.45, 7) is 4.64. The van der Waals surface area contributed by atoms with Gasteiger partial charge in [-0.1, -0.05) is 32.0 Å². The van der Waals surface area contributed by atoms with Crippen molar-refractivity contribution in [1.82, 2.24) is 14.6 Å². The molecular formula is C22H29FN6. The standard InChI is InChI=1S/C22H29FN6/c1-14(2)18-13-26-29-21(25-12-15-5-3-4-6-19(15)23)11-20(28-22(18)29)27-17-9-7-16(24)8-10-17/h3-6,11,13-14,16-17,25H,7-10,12,24H2,1-2H3,(H,27,28)/t16-,17-. The molecule has 0 amide bonds. The minimum atomic E-state index is -0.217. The molecule has 0 unspecified atom stereocenters. The van der Waals surface area contributed by atoms with Crippen molar-refractivity contribution in [3.05, 3.63) is 53.5 Å². The highest BCUT2D eigenvalue weighted by Crippen LogP contribution is 2.26. The molecule has 2 aromatic heterocycles. The summed E-state index contributed by atoms with van der Waals surface area (Å²) in [6.07, 6.45) is 6.01. The van der Waals surface area contributed by atoms with Crippen molar-refractivity contribution < 1.29 is 4.39 Å². The lowest BCUT2D eigenvalue weighted by Crippen LogP contribution is -2.33. The Kier molecular flexibility index (Phi) is 5.67. The van der Waals surface area contributed by atoms with E-state index < -0.39 is 0 Å². The van der Waals surface area contributed by atoms with E-state index in [9.17, 15) is 4.39 Å². The molecule has 0 bridgehead atoms. The van der Waals surface area contributed by atoms with E-state index in [2.05, 4.69) is 29.6 Å². The highest BCUT2D eigenvalue weighted by molar-refractivity contribution is 5.61. The maximum Gasteiger partial charge on any atom is 0.163 e. The molecular weight excluding hydrogens is 367 g/mol. The topological polar surface area (TPSA) is 80.3 Å². The van der Waals surface area contributed by atoms with Gasteiger partial charge in [-0.05, 0) is 37.7 Å². The summed E-state index contributed by atoms with van der Waals surface area (Å²) in [5, 5.41) is 11.4. The molecule has 4 N–H and O–H groups in total. The first-order valence-corrected chi connectivity index (χ1v) is 10.4. The summed E-state index contributed by atoms with van der Waals surface area (Å²) in [7, 11) is 0. The zero-order chi connectivity index (χ0) is 20.4. The van der Waals surface area contributed by atoms with Gasteiger partial charge < -0.3 is 16.4 Å². The van der Waals surface area contributed by atoms with Gasteiger partial charge in [0.1, 0.15) is 17.5 Å². The van der Waals surface area contributed by atoms with E-state index in [0.717, 1.165) is 48.5 Å². The summed E-state index contributed by atoms with van der Waals surface area (Å²) in [6, 6.07) is 9.44. The Morgan fingerprint density at radius 1 is 1.21 bits per heavy atom. The van der Waals surface area contributed by atoms with Crippen LogP contribution in [-0.4, -0.2) is 26.7 Å². The quantitative estimate of drug-likeness (QED) is 0.579. The Hall–Kier alpha value is -2.67. The molecule has 29 heavy (non-hydrogen) atoms. The highest BCUT2D eigenvalue weighted by atomic mass is 19.1. The van der Waals surface area contributed by atoms with Crippen LogP contribution in [0.3, 0.4) is 0 Å². The van der Waals surface area contributed by atoms with Crippen molar-refractivity contribution >= 4 is 17.3 Å². The van der Waals surface area contributed by atoms with Gasteiger partial charge in [-0.15, -0.1) is 0 Å². The van der Waals surface area contributed by atoms with Crippen molar-refractivity contribution in [3.63, 3.8) is 0 Å². The minimum absolute atomic E-state index is 0.217. The molecule has 1 saturated carbocycles. The van der Waals surface area contributed by atoms with E-state index in [0.29, 0.717) is 30.1 Å². The Bertz CT molecular complexity index is 975. The summed E-state index contributed by atoms with van der Waals surface area (Å²) >= 11 is 0. The average molecular weight is 397 g/mol. The molecule has 2 heterocycles. The van der Waals surface area contributed by atoms with Crippen molar-refractivity contribution in [2.45, 2.75) is 64.1 Å². The normalized spacial score (nSPS) is 19.6. The van der Waals surface area contributed by atoms with Crippen LogP contribution in [0.2, 0.25) is 0 Å². The SMILES string of the molecule is CC(C)c1cnn2c(NCc3ccccc3F)cc(N[C@H]3CC[C@H](N)CC3)nc12. The number of nitrogens with zero attached hydrogens (tertiary/aromatic N) is 3. The molecule has 0 spiro atoms. The molecule has 1 aliphatic rings. The van der Waals surface area contributed by atoms with Crippen LogP contribution in [0.1, 0.15) is 56.6 Å². The Labute approximate surface area is 170 Å². The largest absolute Gasteiger partial charge is 0.367 e. The van der Waals surface area contributed by atoms with Gasteiger partial charge in [0.05, 0.1) is 6.20 Å². The Balaban J connectivity index is 1.63. The van der Waals surface area contributed by atoms with Gasteiger partial charge in [0, 0.05) is 35.8 Å². The zero-order valence-electron chi connectivity index (χ0n) is 17.0. The molecule has 1 aromatic carbocycles. The van der Waals surface area contributed by atoms with Gasteiger partial charge in [0.2, 0.25) is 0 Å². The predicted molar refractivity (Wildman–Crippen MR) is 115 cm³/mol. The first kappa shape index (κ1) is 19.6. The lowest BCUT2D eigenvalue weighted by molar-refractivity contribution is 0.410. The maximum absolute atomic E-state index is 14.0. The fourth-order valence-electron chi connectivity index (χ4n) is 3.89. The molecule has 4 rings (SSSR count). The van der Waals surface area contributed by atoms with E-state index >= 15 is 0 Å². The van der Waals surface area contributed by atoms with Crippen LogP contribution in [0.4, 0.5) is 16.0 Å². The third kappa shape index (κ3) is 4.34. The van der Waals surface area contributed by atoms with Crippen molar-refractivity contribution in [2.75, 3.05) is 10.6 Å². The Morgan fingerprint density at radius 2 is 1.97 bits per heavy atom. The third-order valence-corrected chi connectivity index (χ3v) is 5.66. The fourth-order valence-corrected chi connectivity index (χ4v) is 3.89. The molecule has 154 valence electrons. The van der Waals surface area contributed by atoms with Crippen LogP contribution in [0.25, 0.3) is 5.65 Å². The Morgan fingerprint density at radius 3 is 2.69 bits per heavy atom. The maximum atomic E-state index is 14.0. The summed E-state index contributed by atoms with van der Waals surface area (Å²) < 4.78 is 15.8. The van der Waals surface area contributed by atoms with Gasteiger partial charge in [-0.25, -0.2) is 9.37 Å². The summed E-state index contributed by atoms with van der Waals surface area (Å²) in [5.41, 5.74) is 8.57. The molecule has 1 fully saturated rings. The molecule has 0 radical (unpaired) electrons. The predicted octanol–water partition coefficient (Wildman–Crippen LogP) is 4.29. The lowest BCUT2D eigenvalue weighted by Gasteiger charge is -2.27. The molecule has 0 saturated heterocycles. The van der Waals surface area contributed by atoms with E-state index in [-0.39, 0.29) is 5.82 Å². The van der Waals surface area contributed by atoms with E-state index in [1.807, 2.05) is 18.3 Å². The monoisotopic (exact) mass is 396 g/mol. The van der Waals surface area contributed by atoms with Crippen LogP contribution >= 0.6 is 0 Å². The van der Waals surface area contributed by atoms with Gasteiger partial charge in [0.15, 0.2) is 5.65 Å². The van der Waals surface area contributed by atoms with Crippen LogP contribution in [0.15, 0.2) is 36.5 Å². The number of nitrogens with one attached hydrogen (secondary N) is 2. The molecule has 0 atom stereocenters. The average Bonchev–Trinajstić information content (AvgIpc) is 3.13. The smallest absolute Gasteiger partial charge is 0.163 e. The van der Waals surface area contributed by atoms with E-state index in [1.54, 1.807) is 16.6 Å². The van der Waals surface area contributed by atoms with Crippen LogP contribution in [0.5, 0.6) is 0 Å². The fraction of sp³-hybridized carbons (Fsp3) is 0.455. The van der Waals surface area contributed by atoms with Crippen molar-refractivity contribution in [3.8, 4) is 0 Å². The second-order valence-electron chi connectivity index (χ2n) is 8.22. The number of rotatable bonds is 6. The van der Waals surface area contributed by atoms with Gasteiger partial charge >= 0.3 is 0 Å². The first-order valence-electron chi connectivity index (χ1n) is 10.4. The second-order valence-corrected chi connectivity index (χ2v) is 8.22. The number of hydrogen-bond acceptors (Lipinski definition) is 5. The van der Waals surface area contributed by atoms with Crippen LogP contribution in [0, 0.1) is 5.82 Å². The van der Waals surface area contributed by atoms with E-state index in [4.69, 9.17) is 10.7 Å². The van der Waals surface area contributed by atoms with Gasteiger partial charge in [-0.3, -0.25) is 0 Å². The highest BCUT2D eigenvalue weighted by Gasteiger charge is 2.20.